The van der Waals surface area contributed by atoms with Gasteiger partial charge in [-0.25, -0.2) is 4.98 Å². The summed E-state index contributed by atoms with van der Waals surface area (Å²) < 4.78 is 0.781. The Balaban J connectivity index is 1.44. The molecular formula is C22H23N3O2S2. The van der Waals surface area contributed by atoms with E-state index in [0.717, 1.165) is 21.2 Å². The molecule has 1 aromatic heterocycles. The molecule has 1 unspecified atom stereocenters. The lowest BCUT2D eigenvalue weighted by molar-refractivity contribution is -0.121. The first-order chi connectivity index (χ1) is 14.0. The maximum Gasteiger partial charge on any atom is 0.234 e. The first kappa shape index (κ1) is 21.1. The Morgan fingerprint density at radius 3 is 2.52 bits per heavy atom. The molecule has 0 bridgehead atoms. The van der Waals surface area contributed by atoms with Crippen LogP contribution in [-0.4, -0.2) is 22.6 Å². The highest BCUT2D eigenvalue weighted by atomic mass is 32.2. The summed E-state index contributed by atoms with van der Waals surface area (Å²) in [6.45, 7) is 3.96. The van der Waals surface area contributed by atoms with Gasteiger partial charge in [-0.2, -0.15) is 0 Å². The smallest absolute Gasteiger partial charge is 0.234 e. The molecule has 0 saturated heterocycles. The van der Waals surface area contributed by atoms with Gasteiger partial charge in [0.2, 0.25) is 11.8 Å². The summed E-state index contributed by atoms with van der Waals surface area (Å²) in [5.74, 6) is 0.128. The molecule has 3 aromatic rings. The van der Waals surface area contributed by atoms with E-state index in [2.05, 4.69) is 15.6 Å². The number of nitrogens with zero attached hydrogens (tertiary/aromatic N) is 1. The van der Waals surface area contributed by atoms with E-state index in [1.54, 1.807) is 0 Å². The van der Waals surface area contributed by atoms with Crippen molar-refractivity contribution in [2.75, 3.05) is 11.1 Å². The third kappa shape index (κ3) is 6.73. The summed E-state index contributed by atoms with van der Waals surface area (Å²) >= 11 is 2.82. The number of carbonyl (C=O) groups is 2. The summed E-state index contributed by atoms with van der Waals surface area (Å²) in [5.41, 5.74) is 3.71. The van der Waals surface area contributed by atoms with Gasteiger partial charge in [-0.3, -0.25) is 9.59 Å². The van der Waals surface area contributed by atoms with Gasteiger partial charge in [-0.1, -0.05) is 59.8 Å². The normalized spacial score (nSPS) is 11.7. The minimum atomic E-state index is -0.0787. The number of thiazole rings is 1. The molecule has 1 heterocycles. The van der Waals surface area contributed by atoms with Crippen LogP contribution >= 0.6 is 23.1 Å². The molecule has 0 aliphatic heterocycles. The third-order valence-corrected chi connectivity index (χ3v) is 6.28. The molecular weight excluding hydrogens is 402 g/mol. The Kier molecular flexibility index (Phi) is 7.43. The van der Waals surface area contributed by atoms with Crippen LogP contribution in [0.3, 0.4) is 0 Å². The molecule has 7 heteroatoms. The van der Waals surface area contributed by atoms with Gasteiger partial charge in [0.1, 0.15) is 0 Å². The molecule has 0 aliphatic rings. The van der Waals surface area contributed by atoms with Crippen molar-refractivity contribution < 1.29 is 9.59 Å². The van der Waals surface area contributed by atoms with E-state index in [-0.39, 0.29) is 30.0 Å². The van der Waals surface area contributed by atoms with E-state index < -0.39 is 0 Å². The molecule has 3 rings (SSSR count). The van der Waals surface area contributed by atoms with E-state index in [9.17, 15) is 9.59 Å². The van der Waals surface area contributed by atoms with Gasteiger partial charge in [0.15, 0.2) is 4.34 Å². The van der Waals surface area contributed by atoms with E-state index in [0.29, 0.717) is 5.69 Å². The zero-order valence-electron chi connectivity index (χ0n) is 16.3. The Labute approximate surface area is 179 Å². The fraction of sp³-hybridized carbons (Fsp3) is 0.227. The second-order valence-electron chi connectivity index (χ2n) is 6.68. The summed E-state index contributed by atoms with van der Waals surface area (Å²) in [5, 5.41) is 7.73. The summed E-state index contributed by atoms with van der Waals surface area (Å²) in [4.78, 5) is 28.8. The number of nitrogens with one attached hydrogen (secondary N) is 2. The quantitative estimate of drug-likeness (QED) is 0.517. The van der Waals surface area contributed by atoms with Gasteiger partial charge in [-0.05, 0) is 31.5 Å². The molecule has 5 nitrogen and oxygen atoms in total. The summed E-state index contributed by atoms with van der Waals surface area (Å²) in [7, 11) is 0. The molecule has 0 saturated carbocycles. The molecule has 0 radical (unpaired) electrons. The lowest BCUT2D eigenvalue weighted by Gasteiger charge is -2.13. The second-order valence-corrected chi connectivity index (χ2v) is 8.76. The van der Waals surface area contributed by atoms with Crippen molar-refractivity contribution in [2.45, 2.75) is 30.6 Å². The molecule has 1 atom stereocenters. The number of benzene rings is 2. The molecule has 29 heavy (non-hydrogen) atoms. The van der Waals surface area contributed by atoms with Crippen molar-refractivity contribution in [2.24, 2.45) is 0 Å². The molecule has 0 aliphatic carbocycles. The van der Waals surface area contributed by atoms with E-state index in [4.69, 9.17) is 0 Å². The second kappa shape index (κ2) is 10.2. The van der Waals surface area contributed by atoms with Gasteiger partial charge in [0.05, 0.1) is 23.9 Å². The van der Waals surface area contributed by atoms with Crippen molar-refractivity contribution in [1.82, 2.24) is 10.3 Å². The predicted molar refractivity (Wildman–Crippen MR) is 119 cm³/mol. The van der Waals surface area contributed by atoms with Crippen molar-refractivity contribution in [3.63, 3.8) is 0 Å². The highest BCUT2D eigenvalue weighted by Gasteiger charge is 2.13. The molecule has 2 N–H and O–H groups in total. The monoisotopic (exact) mass is 425 g/mol. The number of aromatic nitrogens is 1. The first-order valence-electron chi connectivity index (χ1n) is 9.27. The first-order valence-corrected chi connectivity index (χ1v) is 11.1. The van der Waals surface area contributed by atoms with Crippen molar-refractivity contribution in [3.05, 3.63) is 76.8 Å². The number of aryl methyl sites for hydroxylation is 1. The zero-order chi connectivity index (χ0) is 20.6. The van der Waals surface area contributed by atoms with Crippen molar-refractivity contribution in [3.8, 4) is 0 Å². The lowest BCUT2D eigenvalue weighted by atomic mass is 10.1. The van der Waals surface area contributed by atoms with Gasteiger partial charge in [-0.15, -0.1) is 11.3 Å². The standard InChI is InChI=1S/C22H23N3O2S2/c1-15-8-10-18(11-9-15)24-21(27)14-29-22-25-19(13-28-22)12-20(26)23-16(2)17-6-4-3-5-7-17/h3-11,13,16H,12,14H2,1-2H3,(H,23,26)(H,24,27). The van der Waals surface area contributed by atoms with Crippen LogP contribution in [0, 0.1) is 6.92 Å². The zero-order valence-corrected chi connectivity index (χ0v) is 18.0. The summed E-state index contributed by atoms with van der Waals surface area (Å²) in [6.07, 6.45) is 0.226. The number of thioether (sulfide) groups is 1. The van der Waals surface area contributed by atoms with Crippen molar-refractivity contribution >= 4 is 40.6 Å². The van der Waals surface area contributed by atoms with Gasteiger partial charge < -0.3 is 10.6 Å². The number of carbonyl (C=O) groups excluding carboxylic acids is 2. The van der Waals surface area contributed by atoms with Gasteiger partial charge in [0, 0.05) is 11.1 Å². The number of hydrogen-bond acceptors (Lipinski definition) is 5. The number of anilines is 1. The van der Waals surface area contributed by atoms with Crippen LogP contribution in [0.1, 0.15) is 29.8 Å². The van der Waals surface area contributed by atoms with Crippen LogP contribution < -0.4 is 10.6 Å². The fourth-order valence-corrected chi connectivity index (χ4v) is 4.32. The topological polar surface area (TPSA) is 71.1 Å². The van der Waals surface area contributed by atoms with Crippen LogP contribution in [0.15, 0.2) is 64.3 Å². The number of amides is 2. The molecule has 2 aromatic carbocycles. The molecule has 0 fully saturated rings. The van der Waals surface area contributed by atoms with Gasteiger partial charge >= 0.3 is 0 Å². The Hall–Kier alpha value is -2.64. The summed E-state index contributed by atoms with van der Waals surface area (Å²) in [6, 6.07) is 17.5. The van der Waals surface area contributed by atoms with Crippen LogP contribution in [0.4, 0.5) is 5.69 Å². The molecule has 150 valence electrons. The highest BCUT2D eigenvalue weighted by molar-refractivity contribution is 8.01. The van der Waals surface area contributed by atoms with E-state index >= 15 is 0 Å². The maximum absolute atomic E-state index is 12.3. The Morgan fingerprint density at radius 2 is 1.79 bits per heavy atom. The maximum atomic E-state index is 12.3. The predicted octanol–water partition coefficient (Wildman–Crippen LogP) is 4.60. The van der Waals surface area contributed by atoms with Crippen LogP contribution in [-0.2, 0) is 16.0 Å². The lowest BCUT2D eigenvalue weighted by Crippen LogP contribution is -2.28. The Bertz CT molecular complexity index is 956. The SMILES string of the molecule is Cc1ccc(NC(=O)CSc2nc(CC(=O)NC(C)c3ccccc3)cs2)cc1. The average Bonchev–Trinajstić information content (AvgIpc) is 3.16. The minimum Gasteiger partial charge on any atom is -0.349 e. The number of hydrogen-bond donors (Lipinski definition) is 2. The Morgan fingerprint density at radius 1 is 1.07 bits per heavy atom. The van der Waals surface area contributed by atoms with Crippen LogP contribution in [0.2, 0.25) is 0 Å². The highest BCUT2D eigenvalue weighted by Crippen LogP contribution is 2.23. The van der Waals surface area contributed by atoms with Crippen LogP contribution in [0.5, 0.6) is 0 Å². The van der Waals surface area contributed by atoms with Crippen LogP contribution in [0.25, 0.3) is 0 Å². The average molecular weight is 426 g/mol. The third-order valence-electron chi connectivity index (χ3n) is 4.21. The van der Waals surface area contributed by atoms with Crippen molar-refractivity contribution in [1.29, 1.82) is 0 Å². The van der Waals surface area contributed by atoms with E-state index in [1.165, 1.54) is 23.1 Å². The number of rotatable bonds is 8. The van der Waals surface area contributed by atoms with E-state index in [1.807, 2.05) is 73.8 Å². The molecule has 2 amide bonds. The molecule has 0 spiro atoms. The fourth-order valence-electron chi connectivity index (χ4n) is 2.68. The minimum absolute atomic E-state index is 0.0540. The largest absolute Gasteiger partial charge is 0.349 e. The van der Waals surface area contributed by atoms with Gasteiger partial charge in [0.25, 0.3) is 0 Å².